The van der Waals surface area contributed by atoms with E-state index in [-0.39, 0.29) is 17.4 Å². The lowest BCUT2D eigenvalue weighted by Crippen LogP contribution is -2.41. The first-order valence-corrected chi connectivity index (χ1v) is 7.33. The van der Waals surface area contributed by atoms with Crippen LogP contribution in [0.25, 0.3) is 0 Å². The van der Waals surface area contributed by atoms with Crippen molar-refractivity contribution in [1.82, 2.24) is 20.1 Å². The van der Waals surface area contributed by atoms with Gasteiger partial charge in [-0.25, -0.2) is 4.63 Å². The van der Waals surface area contributed by atoms with Crippen molar-refractivity contribution in [1.29, 1.82) is 0 Å². The van der Waals surface area contributed by atoms with Gasteiger partial charge in [0, 0.05) is 19.6 Å². The van der Waals surface area contributed by atoms with Crippen LogP contribution in [0.1, 0.15) is 36.2 Å². The van der Waals surface area contributed by atoms with Crippen LogP contribution in [0, 0.1) is 5.92 Å². The summed E-state index contributed by atoms with van der Waals surface area (Å²) >= 11 is 0. The van der Waals surface area contributed by atoms with E-state index in [1.807, 2.05) is 0 Å². The Morgan fingerprint density at radius 3 is 2.50 bits per heavy atom. The van der Waals surface area contributed by atoms with Crippen molar-refractivity contribution in [2.75, 3.05) is 38.5 Å². The van der Waals surface area contributed by atoms with E-state index in [9.17, 15) is 4.79 Å². The third-order valence-electron chi connectivity index (χ3n) is 4.33. The molecule has 2 saturated heterocycles. The lowest BCUT2D eigenvalue weighted by Gasteiger charge is -2.33. The molecule has 1 aromatic heterocycles. The number of nitrogen functional groups attached to an aromatic ring is 1. The smallest absolute Gasteiger partial charge is 0.280 e. The zero-order chi connectivity index (χ0) is 13.9. The molecule has 0 atom stereocenters. The van der Waals surface area contributed by atoms with Crippen LogP contribution in [-0.2, 0) is 0 Å². The fraction of sp³-hybridized carbons (Fsp3) is 0.769. The molecule has 0 aromatic carbocycles. The Morgan fingerprint density at radius 1 is 1.20 bits per heavy atom. The van der Waals surface area contributed by atoms with Gasteiger partial charge >= 0.3 is 0 Å². The maximum atomic E-state index is 12.2. The molecule has 1 aromatic rings. The van der Waals surface area contributed by atoms with Gasteiger partial charge < -0.3 is 15.5 Å². The van der Waals surface area contributed by atoms with Gasteiger partial charge in [-0.05, 0) is 55.0 Å². The molecule has 0 saturated carbocycles. The molecule has 20 heavy (non-hydrogen) atoms. The van der Waals surface area contributed by atoms with Crippen LogP contribution >= 0.6 is 0 Å². The molecule has 0 unspecified atom stereocenters. The Labute approximate surface area is 118 Å². The normalized spacial score (nSPS) is 21.5. The zero-order valence-electron chi connectivity index (χ0n) is 11.6. The van der Waals surface area contributed by atoms with Crippen LogP contribution in [0.3, 0.4) is 0 Å². The van der Waals surface area contributed by atoms with Crippen molar-refractivity contribution in [3.63, 3.8) is 0 Å². The van der Waals surface area contributed by atoms with Gasteiger partial charge in [0.25, 0.3) is 5.91 Å². The fourth-order valence-corrected chi connectivity index (χ4v) is 3.14. The zero-order valence-corrected chi connectivity index (χ0v) is 11.6. The fourth-order valence-electron chi connectivity index (χ4n) is 3.14. The molecule has 2 N–H and O–H groups in total. The number of hydrogen-bond donors (Lipinski definition) is 1. The van der Waals surface area contributed by atoms with Crippen LogP contribution in [0.5, 0.6) is 0 Å². The molecule has 0 radical (unpaired) electrons. The van der Waals surface area contributed by atoms with E-state index in [1.165, 1.54) is 32.5 Å². The summed E-state index contributed by atoms with van der Waals surface area (Å²) in [4.78, 5) is 16.6. The summed E-state index contributed by atoms with van der Waals surface area (Å²) in [5, 5.41) is 7.04. The van der Waals surface area contributed by atoms with Crippen molar-refractivity contribution in [2.45, 2.75) is 25.7 Å². The van der Waals surface area contributed by atoms with Crippen molar-refractivity contribution < 1.29 is 9.42 Å². The van der Waals surface area contributed by atoms with Gasteiger partial charge in [-0.2, -0.15) is 0 Å². The molecule has 2 aliphatic heterocycles. The minimum atomic E-state index is -0.164. The largest absolute Gasteiger partial charge is 0.379 e. The Hall–Kier alpha value is -1.63. The average Bonchev–Trinajstić information content (AvgIpc) is 3.10. The average molecular weight is 279 g/mol. The second-order valence-corrected chi connectivity index (χ2v) is 5.74. The first-order valence-electron chi connectivity index (χ1n) is 7.33. The van der Waals surface area contributed by atoms with E-state index in [0.717, 1.165) is 25.9 Å². The molecular formula is C13H21N5O2. The minimum Gasteiger partial charge on any atom is -0.379 e. The molecular weight excluding hydrogens is 258 g/mol. The summed E-state index contributed by atoms with van der Waals surface area (Å²) in [5.74, 6) is 0.613. The summed E-state index contributed by atoms with van der Waals surface area (Å²) in [6.45, 7) is 5.18. The molecule has 110 valence electrons. The monoisotopic (exact) mass is 279 g/mol. The number of carbonyl (C=O) groups excluding carboxylic acids is 1. The SMILES string of the molecule is Nc1nonc1C(=O)N1CCC(CN2CCCC2)CC1. The number of piperidine rings is 1. The quantitative estimate of drug-likeness (QED) is 0.871. The predicted molar refractivity (Wildman–Crippen MR) is 73.0 cm³/mol. The van der Waals surface area contributed by atoms with Gasteiger partial charge in [0.15, 0.2) is 0 Å². The molecule has 1 amide bonds. The van der Waals surface area contributed by atoms with Crippen LogP contribution in [0.4, 0.5) is 5.82 Å². The van der Waals surface area contributed by atoms with Crippen molar-refractivity contribution in [3.05, 3.63) is 5.69 Å². The van der Waals surface area contributed by atoms with Gasteiger partial charge in [0.1, 0.15) is 0 Å². The Morgan fingerprint density at radius 2 is 1.90 bits per heavy atom. The van der Waals surface area contributed by atoms with E-state index in [4.69, 9.17) is 5.73 Å². The number of nitrogens with two attached hydrogens (primary N) is 1. The molecule has 2 aliphatic rings. The predicted octanol–water partition coefficient (Wildman–Crippen LogP) is 0.600. The van der Waals surface area contributed by atoms with E-state index >= 15 is 0 Å². The van der Waals surface area contributed by atoms with E-state index in [2.05, 4.69) is 19.8 Å². The third-order valence-corrected chi connectivity index (χ3v) is 4.33. The molecule has 7 heteroatoms. The minimum absolute atomic E-state index is 0.0780. The lowest BCUT2D eigenvalue weighted by molar-refractivity contribution is 0.0663. The highest BCUT2D eigenvalue weighted by molar-refractivity contribution is 5.96. The van der Waals surface area contributed by atoms with Crippen molar-refractivity contribution >= 4 is 11.7 Å². The van der Waals surface area contributed by atoms with Gasteiger partial charge in [0.2, 0.25) is 11.5 Å². The first-order chi connectivity index (χ1) is 9.74. The maximum absolute atomic E-state index is 12.2. The van der Waals surface area contributed by atoms with Crippen molar-refractivity contribution in [3.8, 4) is 0 Å². The van der Waals surface area contributed by atoms with Gasteiger partial charge in [-0.15, -0.1) is 0 Å². The van der Waals surface area contributed by atoms with E-state index in [1.54, 1.807) is 4.90 Å². The number of nitrogens with zero attached hydrogens (tertiary/aromatic N) is 4. The summed E-state index contributed by atoms with van der Waals surface area (Å²) in [6, 6.07) is 0. The molecule has 2 fully saturated rings. The summed E-state index contributed by atoms with van der Waals surface area (Å²) in [5.41, 5.74) is 5.70. The topological polar surface area (TPSA) is 88.5 Å². The number of anilines is 1. The third kappa shape index (κ3) is 2.77. The molecule has 0 aliphatic carbocycles. The standard InChI is InChI=1S/C13H21N5O2/c14-12-11(15-20-16-12)13(19)18-7-3-10(4-8-18)9-17-5-1-2-6-17/h10H,1-9H2,(H2,14,16). The summed E-state index contributed by atoms with van der Waals surface area (Å²) < 4.78 is 4.49. The number of carbonyl (C=O) groups is 1. The molecule has 0 spiro atoms. The molecule has 0 bridgehead atoms. The highest BCUT2D eigenvalue weighted by Crippen LogP contribution is 2.22. The Kier molecular flexibility index (Phi) is 3.86. The number of amides is 1. The van der Waals surface area contributed by atoms with E-state index in [0.29, 0.717) is 5.92 Å². The number of aromatic nitrogens is 2. The van der Waals surface area contributed by atoms with Gasteiger partial charge in [-0.1, -0.05) is 0 Å². The molecule has 7 nitrogen and oxygen atoms in total. The lowest BCUT2D eigenvalue weighted by atomic mass is 9.96. The van der Waals surface area contributed by atoms with E-state index < -0.39 is 0 Å². The van der Waals surface area contributed by atoms with Crippen LogP contribution in [-0.4, -0.2) is 58.7 Å². The van der Waals surface area contributed by atoms with Crippen LogP contribution < -0.4 is 5.73 Å². The summed E-state index contributed by atoms with van der Waals surface area (Å²) in [7, 11) is 0. The number of rotatable bonds is 3. The molecule has 3 heterocycles. The summed E-state index contributed by atoms with van der Waals surface area (Å²) in [6.07, 6.45) is 4.76. The second kappa shape index (κ2) is 5.78. The first kappa shape index (κ1) is 13.4. The molecule has 3 rings (SSSR count). The van der Waals surface area contributed by atoms with Crippen LogP contribution in [0.2, 0.25) is 0 Å². The van der Waals surface area contributed by atoms with Gasteiger partial charge in [0.05, 0.1) is 0 Å². The number of likely N-dealkylation sites (tertiary alicyclic amines) is 2. The highest BCUT2D eigenvalue weighted by atomic mass is 16.6. The maximum Gasteiger partial charge on any atom is 0.280 e. The Balaban J connectivity index is 1.50. The van der Waals surface area contributed by atoms with Crippen LogP contribution in [0.15, 0.2) is 4.63 Å². The van der Waals surface area contributed by atoms with Crippen molar-refractivity contribution in [2.24, 2.45) is 5.92 Å². The van der Waals surface area contributed by atoms with Gasteiger partial charge in [-0.3, -0.25) is 4.79 Å². The Bertz CT molecular complexity index is 461. The highest BCUT2D eigenvalue weighted by Gasteiger charge is 2.28. The second-order valence-electron chi connectivity index (χ2n) is 5.74. The number of hydrogen-bond acceptors (Lipinski definition) is 6.